The Balaban J connectivity index is 2.96. The predicted octanol–water partition coefficient (Wildman–Crippen LogP) is 3.65. The molecule has 0 aliphatic heterocycles. The standard InChI is InChI=1S/C11H11BrF3NO/c1-7(17)8-3-4-10(9(12)5-8)16(2)6-11(13,14)15/h3-5H,6H2,1-2H3. The van der Waals surface area contributed by atoms with Crippen LogP contribution in [0.2, 0.25) is 0 Å². The highest BCUT2D eigenvalue weighted by atomic mass is 79.9. The van der Waals surface area contributed by atoms with Crippen molar-refractivity contribution >= 4 is 27.4 Å². The molecule has 0 saturated heterocycles. The number of hydrogen-bond donors (Lipinski definition) is 0. The van der Waals surface area contributed by atoms with Gasteiger partial charge >= 0.3 is 6.18 Å². The van der Waals surface area contributed by atoms with Crippen molar-refractivity contribution in [3.8, 4) is 0 Å². The molecule has 6 heteroatoms. The Morgan fingerprint density at radius 2 is 2.00 bits per heavy atom. The third kappa shape index (κ3) is 4.03. The molecule has 0 unspecified atom stereocenters. The van der Waals surface area contributed by atoms with Crippen LogP contribution >= 0.6 is 15.9 Å². The summed E-state index contributed by atoms with van der Waals surface area (Å²) < 4.78 is 37.1. The van der Waals surface area contributed by atoms with Gasteiger partial charge in [0.1, 0.15) is 6.54 Å². The van der Waals surface area contributed by atoms with E-state index in [2.05, 4.69) is 15.9 Å². The van der Waals surface area contributed by atoms with Crippen molar-refractivity contribution < 1.29 is 18.0 Å². The van der Waals surface area contributed by atoms with Crippen LogP contribution in [-0.4, -0.2) is 25.6 Å². The Kier molecular flexibility index (Phi) is 4.19. The van der Waals surface area contributed by atoms with E-state index >= 15 is 0 Å². The molecule has 1 aromatic rings. The van der Waals surface area contributed by atoms with E-state index < -0.39 is 12.7 Å². The second kappa shape index (κ2) is 5.08. The van der Waals surface area contributed by atoms with Crippen LogP contribution in [0.5, 0.6) is 0 Å². The number of halogens is 4. The Bertz CT molecular complexity index is 431. The normalized spacial score (nSPS) is 11.4. The lowest BCUT2D eigenvalue weighted by molar-refractivity contribution is -0.119. The van der Waals surface area contributed by atoms with Crippen molar-refractivity contribution in [1.29, 1.82) is 0 Å². The van der Waals surface area contributed by atoms with Gasteiger partial charge in [-0.15, -0.1) is 0 Å². The summed E-state index contributed by atoms with van der Waals surface area (Å²) in [6, 6.07) is 4.52. The molecular weight excluding hydrogens is 299 g/mol. The number of ketones is 1. The summed E-state index contributed by atoms with van der Waals surface area (Å²) in [5, 5.41) is 0. The number of anilines is 1. The van der Waals surface area contributed by atoms with Crippen LogP contribution in [0.15, 0.2) is 22.7 Å². The van der Waals surface area contributed by atoms with Crippen molar-refractivity contribution in [2.24, 2.45) is 0 Å². The highest BCUT2D eigenvalue weighted by Crippen LogP contribution is 2.29. The number of alkyl halides is 3. The molecule has 0 radical (unpaired) electrons. The summed E-state index contributed by atoms with van der Waals surface area (Å²) in [6.45, 7) is 0.367. The first kappa shape index (κ1) is 14.0. The van der Waals surface area contributed by atoms with E-state index in [1.54, 1.807) is 0 Å². The topological polar surface area (TPSA) is 20.3 Å². The lowest BCUT2D eigenvalue weighted by atomic mass is 10.1. The van der Waals surface area contributed by atoms with Gasteiger partial charge in [-0.25, -0.2) is 0 Å². The minimum atomic E-state index is -4.26. The molecule has 0 fully saturated rings. The largest absolute Gasteiger partial charge is 0.405 e. The van der Waals surface area contributed by atoms with Gasteiger partial charge in [-0.05, 0) is 41.1 Å². The Morgan fingerprint density at radius 1 is 1.41 bits per heavy atom. The van der Waals surface area contributed by atoms with Crippen LogP contribution in [0.25, 0.3) is 0 Å². The molecule has 94 valence electrons. The third-order valence-electron chi connectivity index (χ3n) is 2.18. The molecule has 0 heterocycles. The van der Waals surface area contributed by atoms with Gasteiger partial charge in [0.05, 0.1) is 5.69 Å². The van der Waals surface area contributed by atoms with E-state index in [0.29, 0.717) is 15.7 Å². The lowest BCUT2D eigenvalue weighted by Gasteiger charge is -2.22. The van der Waals surface area contributed by atoms with E-state index in [4.69, 9.17) is 0 Å². The number of hydrogen-bond acceptors (Lipinski definition) is 2. The number of carbonyl (C=O) groups is 1. The molecule has 0 amide bonds. The van der Waals surface area contributed by atoms with E-state index in [1.165, 1.54) is 32.2 Å². The maximum absolute atomic E-state index is 12.2. The fraction of sp³-hybridized carbons (Fsp3) is 0.364. The van der Waals surface area contributed by atoms with Crippen LogP contribution in [0.4, 0.5) is 18.9 Å². The van der Waals surface area contributed by atoms with Gasteiger partial charge in [0.2, 0.25) is 0 Å². The molecule has 0 saturated carbocycles. The summed E-state index contributed by atoms with van der Waals surface area (Å²) in [5.41, 5.74) is 0.855. The van der Waals surface area contributed by atoms with Crippen LogP contribution < -0.4 is 4.90 Å². The summed E-state index contributed by atoms with van der Waals surface area (Å²) in [6.07, 6.45) is -4.26. The van der Waals surface area contributed by atoms with E-state index in [9.17, 15) is 18.0 Å². The van der Waals surface area contributed by atoms with Crippen LogP contribution in [0.3, 0.4) is 0 Å². The van der Waals surface area contributed by atoms with Gasteiger partial charge in [0.25, 0.3) is 0 Å². The van der Waals surface area contributed by atoms with Gasteiger partial charge in [0, 0.05) is 17.1 Å². The van der Waals surface area contributed by atoms with Crippen LogP contribution in [0.1, 0.15) is 17.3 Å². The maximum atomic E-state index is 12.2. The highest BCUT2D eigenvalue weighted by Gasteiger charge is 2.29. The van der Waals surface area contributed by atoms with Gasteiger partial charge in [0.15, 0.2) is 5.78 Å². The fourth-order valence-corrected chi connectivity index (χ4v) is 2.07. The first-order chi connectivity index (χ1) is 7.70. The molecule has 0 aliphatic carbocycles. The van der Waals surface area contributed by atoms with E-state index in [-0.39, 0.29) is 5.78 Å². The van der Waals surface area contributed by atoms with E-state index in [1.807, 2.05) is 0 Å². The number of nitrogens with zero attached hydrogens (tertiary/aromatic N) is 1. The average Bonchev–Trinajstić information content (AvgIpc) is 2.14. The molecule has 17 heavy (non-hydrogen) atoms. The zero-order valence-corrected chi connectivity index (χ0v) is 10.9. The summed E-state index contributed by atoms with van der Waals surface area (Å²) in [7, 11) is 1.35. The van der Waals surface area contributed by atoms with Gasteiger partial charge in [-0.1, -0.05) is 0 Å². The van der Waals surface area contributed by atoms with Gasteiger partial charge in [-0.3, -0.25) is 4.79 Å². The minimum Gasteiger partial charge on any atom is -0.365 e. The summed E-state index contributed by atoms with van der Waals surface area (Å²) in [5.74, 6) is -0.129. The third-order valence-corrected chi connectivity index (χ3v) is 2.82. The molecule has 0 aliphatic rings. The number of benzene rings is 1. The second-order valence-electron chi connectivity index (χ2n) is 3.69. The predicted molar refractivity (Wildman–Crippen MR) is 63.5 cm³/mol. The summed E-state index contributed by atoms with van der Waals surface area (Å²) in [4.78, 5) is 12.2. The molecular formula is C11H11BrF3NO. The molecule has 0 bridgehead atoms. The monoisotopic (exact) mass is 309 g/mol. The summed E-state index contributed by atoms with van der Waals surface area (Å²) >= 11 is 3.16. The van der Waals surface area contributed by atoms with Crippen molar-refractivity contribution in [1.82, 2.24) is 0 Å². The van der Waals surface area contributed by atoms with Crippen molar-refractivity contribution in [3.63, 3.8) is 0 Å². The average molecular weight is 310 g/mol. The molecule has 0 atom stereocenters. The number of Topliss-reactive ketones (excluding diaryl/α,β-unsaturated/α-hetero) is 1. The first-order valence-electron chi connectivity index (χ1n) is 4.79. The SMILES string of the molecule is CC(=O)c1ccc(N(C)CC(F)(F)F)c(Br)c1. The Morgan fingerprint density at radius 3 is 2.41 bits per heavy atom. The minimum absolute atomic E-state index is 0.129. The van der Waals surface area contributed by atoms with Crippen molar-refractivity contribution in [2.45, 2.75) is 13.1 Å². The molecule has 0 N–H and O–H groups in total. The van der Waals surface area contributed by atoms with Crippen molar-refractivity contribution in [2.75, 3.05) is 18.5 Å². The zero-order valence-electron chi connectivity index (χ0n) is 9.31. The smallest absolute Gasteiger partial charge is 0.365 e. The highest BCUT2D eigenvalue weighted by molar-refractivity contribution is 9.10. The van der Waals surface area contributed by atoms with Gasteiger partial charge < -0.3 is 4.90 Å². The Labute approximate surface area is 106 Å². The molecule has 1 aromatic carbocycles. The molecule has 0 spiro atoms. The second-order valence-corrected chi connectivity index (χ2v) is 4.55. The van der Waals surface area contributed by atoms with E-state index in [0.717, 1.165) is 4.90 Å². The Hall–Kier alpha value is -1.04. The van der Waals surface area contributed by atoms with Crippen LogP contribution in [0, 0.1) is 0 Å². The number of carbonyl (C=O) groups excluding carboxylic acids is 1. The number of rotatable bonds is 3. The van der Waals surface area contributed by atoms with Gasteiger partial charge in [-0.2, -0.15) is 13.2 Å². The first-order valence-corrected chi connectivity index (χ1v) is 5.58. The van der Waals surface area contributed by atoms with Crippen molar-refractivity contribution in [3.05, 3.63) is 28.2 Å². The molecule has 1 rings (SSSR count). The van der Waals surface area contributed by atoms with Crippen LogP contribution in [-0.2, 0) is 0 Å². The zero-order chi connectivity index (χ0) is 13.2. The quantitative estimate of drug-likeness (QED) is 0.794. The molecule has 2 nitrogen and oxygen atoms in total. The fourth-order valence-electron chi connectivity index (χ4n) is 1.39. The maximum Gasteiger partial charge on any atom is 0.405 e. The lowest BCUT2D eigenvalue weighted by Crippen LogP contribution is -2.31. The molecule has 0 aromatic heterocycles.